The molecule has 0 saturated heterocycles. The molecule has 0 aliphatic carbocycles. The average Bonchev–Trinajstić information content (AvgIpc) is 2.82. The Bertz CT molecular complexity index is 954. The van der Waals surface area contributed by atoms with Crippen LogP contribution in [0.25, 0.3) is 16.9 Å². The van der Waals surface area contributed by atoms with Gasteiger partial charge in [0.2, 0.25) is 0 Å². The quantitative estimate of drug-likeness (QED) is 0.576. The van der Waals surface area contributed by atoms with Crippen LogP contribution in [0.5, 0.6) is 5.75 Å². The lowest BCUT2D eigenvalue weighted by Gasteiger charge is -2.09. The number of ether oxygens (including phenoxy) is 1. The van der Waals surface area contributed by atoms with Crippen LogP contribution in [0.3, 0.4) is 0 Å². The van der Waals surface area contributed by atoms with Crippen LogP contribution >= 0.6 is 27.5 Å². The molecule has 0 saturated carbocycles. The molecule has 6 heteroatoms. The second-order valence-electron chi connectivity index (χ2n) is 6.30. The van der Waals surface area contributed by atoms with Gasteiger partial charge in [0, 0.05) is 27.2 Å². The fraction of sp³-hybridized carbons (Fsp3) is 0.250. The second-order valence-corrected chi connectivity index (χ2v) is 7.65. The highest BCUT2D eigenvalue weighted by Crippen LogP contribution is 2.39. The molecule has 4 rings (SSSR count). The molecule has 134 valence electrons. The van der Waals surface area contributed by atoms with E-state index in [0.717, 1.165) is 58.8 Å². The molecule has 1 aliphatic heterocycles. The molecular formula is C20H19BrClN3O. The summed E-state index contributed by atoms with van der Waals surface area (Å²) in [5, 5.41) is 9.21. The number of rotatable bonds is 3. The van der Waals surface area contributed by atoms with E-state index in [2.05, 4.69) is 27.3 Å². The third-order valence-electron chi connectivity index (χ3n) is 4.60. The summed E-state index contributed by atoms with van der Waals surface area (Å²) in [6, 6.07) is 13.8. The van der Waals surface area contributed by atoms with Crippen LogP contribution in [0.2, 0.25) is 5.02 Å². The predicted octanol–water partition coefficient (Wildman–Crippen LogP) is 5.71. The van der Waals surface area contributed by atoms with Crippen molar-refractivity contribution >= 4 is 33.3 Å². The molecule has 4 nitrogen and oxygen atoms in total. The van der Waals surface area contributed by atoms with Crippen LogP contribution in [-0.2, 0) is 6.42 Å². The van der Waals surface area contributed by atoms with Crippen molar-refractivity contribution < 1.29 is 4.74 Å². The molecular weight excluding hydrogens is 414 g/mol. The van der Waals surface area contributed by atoms with Gasteiger partial charge in [-0.1, -0.05) is 33.6 Å². The Morgan fingerprint density at radius 1 is 1.19 bits per heavy atom. The Balaban J connectivity index is 1.95. The summed E-state index contributed by atoms with van der Waals surface area (Å²) in [5.74, 6) is 1.86. The van der Waals surface area contributed by atoms with Crippen molar-refractivity contribution in [1.82, 2.24) is 9.78 Å². The predicted molar refractivity (Wildman–Crippen MR) is 110 cm³/mol. The number of hydrogen-bond donors (Lipinski definition) is 1. The number of nitrogens with one attached hydrogen (secondary N) is 1. The van der Waals surface area contributed by atoms with Crippen molar-refractivity contribution in [1.29, 1.82) is 0 Å². The van der Waals surface area contributed by atoms with Gasteiger partial charge in [-0.15, -0.1) is 0 Å². The normalized spacial score (nSPS) is 13.7. The Morgan fingerprint density at radius 3 is 2.88 bits per heavy atom. The first-order valence-corrected chi connectivity index (χ1v) is 9.80. The van der Waals surface area contributed by atoms with Gasteiger partial charge in [-0.05, 0) is 55.7 Å². The first kappa shape index (κ1) is 17.4. The Hall–Kier alpha value is -1.98. The number of methoxy groups -OCH3 is 1. The molecule has 0 unspecified atom stereocenters. The van der Waals surface area contributed by atoms with Crippen LogP contribution in [0.4, 0.5) is 5.82 Å². The average molecular weight is 433 g/mol. The fourth-order valence-corrected chi connectivity index (χ4v) is 3.92. The minimum atomic E-state index is 0.696. The van der Waals surface area contributed by atoms with E-state index in [0.29, 0.717) is 5.02 Å². The Labute approximate surface area is 166 Å². The highest BCUT2D eigenvalue weighted by atomic mass is 79.9. The van der Waals surface area contributed by atoms with Crippen molar-refractivity contribution in [2.75, 3.05) is 19.0 Å². The summed E-state index contributed by atoms with van der Waals surface area (Å²) in [4.78, 5) is 0. The second kappa shape index (κ2) is 7.33. The van der Waals surface area contributed by atoms with Gasteiger partial charge in [-0.3, -0.25) is 0 Å². The standard InChI is InChI=1S/C20H19BrClN3O/c1-26-18-9-8-13(21)11-17(18)19-16-7-2-3-10-23-20(16)25(24-19)15-6-4-5-14(22)12-15/h4-6,8-9,11-12,23H,2-3,7,10H2,1H3. The van der Waals surface area contributed by atoms with Crippen LogP contribution in [-0.4, -0.2) is 23.4 Å². The summed E-state index contributed by atoms with van der Waals surface area (Å²) >= 11 is 9.79. The van der Waals surface area contributed by atoms with Crippen molar-refractivity contribution in [3.05, 3.63) is 57.5 Å². The molecule has 2 aromatic carbocycles. The molecule has 0 fully saturated rings. The van der Waals surface area contributed by atoms with Crippen LogP contribution in [0.1, 0.15) is 18.4 Å². The minimum absolute atomic E-state index is 0.696. The number of aromatic nitrogens is 2. The van der Waals surface area contributed by atoms with Crippen molar-refractivity contribution in [3.8, 4) is 22.7 Å². The van der Waals surface area contributed by atoms with Crippen LogP contribution < -0.4 is 10.1 Å². The number of anilines is 1. The van der Waals surface area contributed by atoms with Crippen molar-refractivity contribution in [2.45, 2.75) is 19.3 Å². The molecule has 0 amide bonds. The molecule has 1 aliphatic rings. The van der Waals surface area contributed by atoms with Crippen LogP contribution in [0.15, 0.2) is 46.9 Å². The summed E-state index contributed by atoms with van der Waals surface area (Å²) in [6.45, 7) is 0.939. The molecule has 0 spiro atoms. The van der Waals surface area contributed by atoms with Gasteiger partial charge in [-0.25, -0.2) is 4.68 Å². The van der Waals surface area contributed by atoms with Gasteiger partial charge in [-0.2, -0.15) is 5.10 Å². The van der Waals surface area contributed by atoms with Gasteiger partial charge >= 0.3 is 0 Å². The van der Waals surface area contributed by atoms with E-state index in [-0.39, 0.29) is 0 Å². The number of fused-ring (bicyclic) bond motifs is 1. The van der Waals surface area contributed by atoms with E-state index in [4.69, 9.17) is 21.4 Å². The minimum Gasteiger partial charge on any atom is -0.496 e. The van der Waals surface area contributed by atoms with Gasteiger partial charge in [0.15, 0.2) is 0 Å². The van der Waals surface area contributed by atoms with E-state index in [1.807, 2.05) is 41.1 Å². The molecule has 1 N–H and O–H groups in total. The van der Waals surface area contributed by atoms with Gasteiger partial charge in [0.25, 0.3) is 0 Å². The summed E-state index contributed by atoms with van der Waals surface area (Å²) in [7, 11) is 1.69. The number of nitrogens with zero attached hydrogens (tertiary/aromatic N) is 2. The zero-order valence-electron chi connectivity index (χ0n) is 14.4. The third kappa shape index (κ3) is 3.21. The molecule has 0 atom stereocenters. The summed E-state index contributed by atoms with van der Waals surface area (Å²) in [5.41, 5.74) is 4.11. The summed E-state index contributed by atoms with van der Waals surface area (Å²) in [6.07, 6.45) is 3.25. The van der Waals surface area contributed by atoms with E-state index in [1.165, 1.54) is 5.56 Å². The smallest absolute Gasteiger partial charge is 0.133 e. The van der Waals surface area contributed by atoms with Gasteiger partial charge in [0.05, 0.1) is 12.8 Å². The SMILES string of the molecule is COc1ccc(Br)cc1-c1nn(-c2cccc(Cl)c2)c2c1CCCCN2. The van der Waals surface area contributed by atoms with E-state index in [1.54, 1.807) is 7.11 Å². The van der Waals surface area contributed by atoms with Crippen molar-refractivity contribution in [3.63, 3.8) is 0 Å². The topological polar surface area (TPSA) is 39.1 Å². The lowest BCUT2D eigenvalue weighted by Crippen LogP contribution is -2.07. The monoisotopic (exact) mass is 431 g/mol. The first-order valence-electron chi connectivity index (χ1n) is 8.63. The number of hydrogen-bond acceptors (Lipinski definition) is 3. The molecule has 2 heterocycles. The maximum absolute atomic E-state index is 6.21. The molecule has 26 heavy (non-hydrogen) atoms. The Kier molecular flexibility index (Phi) is 4.92. The largest absolute Gasteiger partial charge is 0.496 e. The van der Waals surface area contributed by atoms with Gasteiger partial charge in [0.1, 0.15) is 17.3 Å². The van der Waals surface area contributed by atoms with E-state index < -0.39 is 0 Å². The van der Waals surface area contributed by atoms with Crippen LogP contribution in [0, 0.1) is 0 Å². The summed E-state index contributed by atoms with van der Waals surface area (Å²) < 4.78 is 8.56. The maximum Gasteiger partial charge on any atom is 0.133 e. The highest BCUT2D eigenvalue weighted by molar-refractivity contribution is 9.10. The number of halogens is 2. The Morgan fingerprint density at radius 2 is 2.08 bits per heavy atom. The molecule has 0 radical (unpaired) electrons. The first-order chi connectivity index (χ1) is 12.7. The van der Waals surface area contributed by atoms with E-state index >= 15 is 0 Å². The highest BCUT2D eigenvalue weighted by Gasteiger charge is 2.23. The lowest BCUT2D eigenvalue weighted by molar-refractivity contribution is 0.416. The number of benzene rings is 2. The fourth-order valence-electron chi connectivity index (χ4n) is 3.38. The third-order valence-corrected chi connectivity index (χ3v) is 5.33. The maximum atomic E-state index is 6.21. The van der Waals surface area contributed by atoms with Gasteiger partial charge < -0.3 is 10.1 Å². The zero-order valence-corrected chi connectivity index (χ0v) is 16.8. The molecule has 1 aromatic heterocycles. The molecule has 3 aromatic rings. The van der Waals surface area contributed by atoms with Crippen molar-refractivity contribution in [2.24, 2.45) is 0 Å². The molecule has 0 bridgehead atoms. The van der Waals surface area contributed by atoms with E-state index in [9.17, 15) is 0 Å². The lowest BCUT2D eigenvalue weighted by atomic mass is 10.0. The zero-order chi connectivity index (χ0) is 18.1.